The Balaban J connectivity index is 2.46. The van der Waals surface area contributed by atoms with Crippen LogP contribution in [0.5, 0.6) is 6.01 Å². The Morgan fingerprint density at radius 3 is 2.72 bits per heavy atom. The highest BCUT2D eigenvalue weighted by molar-refractivity contribution is 6.28. The third kappa shape index (κ3) is 5.95. The molecule has 0 aliphatic heterocycles. The molecule has 0 aliphatic rings. The zero-order valence-electron chi connectivity index (χ0n) is 10.4. The maximum atomic E-state index is 8.53. The number of rotatable bonds is 8. The molecule has 18 heavy (non-hydrogen) atoms. The van der Waals surface area contributed by atoms with Crippen molar-refractivity contribution in [2.75, 3.05) is 31.7 Å². The Morgan fingerprint density at radius 1 is 1.28 bits per heavy atom. The molecule has 0 aromatic carbocycles. The van der Waals surface area contributed by atoms with E-state index in [1.54, 1.807) is 0 Å². The Kier molecular flexibility index (Phi) is 6.63. The van der Waals surface area contributed by atoms with Crippen molar-refractivity contribution in [1.82, 2.24) is 15.0 Å². The molecule has 7 nitrogen and oxygen atoms in total. The largest absolute Gasteiger partial charge is 0.461 e. The second kappa shape index (κ2) is 8.02. The topological polar surface area (TPSA) is 89.4 Å². The molecule has 0 aliphatic carbocycles. The summed E-state index contributed by atoms with van der Waals surface area (Å²) in [6, 6.07) is 0.184. The van der Waals surface area contributed by atoms with Gasteiger partial charge in [0.05, 0.1) is 25.9 Å². The number of ether oxygens (including phenoxy) is 2. The Labute approximate surface area is 111 Å². The third-order valence-electron chi connectivity index (χ3n) is 1.69. The summed E-state index contributed by atoms with van der Waals surface area (Å²) in [5, 5.41) is 11.5. The SMILES string of the molecule is CC(C)Oc1nc(Cl)nc(NCCOCCO)n1. The molecule has 8 heteroatoms. The fraction of sp³-hybridized carbons (Fsp3) is 0.700. The first kappa shape index (κ1) is 14.9. The van der Waals surface area contributed by atoms with E-state index in [1.807, 2.05) is 13.8 Å². The smallest absolute Gasteiger partial charge is 0.322 e. The van der Waals surface area contributed by atoms with E-state index in [4.69, 9.17) is 26.2 Å². The molecular weight excluding hydrogens is 260 g/mol. The van der Waals surface area contributed by atoms with Crippen molar-refractivity contribution in [3.05, 3.63) is 5.28 Å². The van der Waals surface area contributed by atoms with E-state index in [9.17, 15) is 0 Å². The van der Waals surface area contributed by atoms with Crippen LogP contribution in [0, 0.1) is 0 Å². The number of halogens is 1. The van der Waals surface area contributed by atoms with Crippen LogP contribution in [0.3, 0.4) is 0 Å². The molecule has 1 aromatic rings. The maximum absolute atomic E-state index is 8.53. The highest BCUT2D eigenvalue weighted by Gasteiger charge is 2.07. The second-order valence-corrected chi connectivity index (χ2v) is 3.98. The molecule has 0 amide bonds. The third-order valence-corrected chi connectivity index (χ3v) is 1.86. The second-order valence-electron chi connectivity index (χ2n) is 3.64. The number of anilines is 1. The lowest BCUT2D eigenvalue weighted by Gasteiger charge is -2.09. The molecule has 1 heterocycles. The fourth-order valence-corrected chi connectivity index (χ4v) is 1.23. The van der Waals surface area contributed by atoms with Crippen LogP contribution < -0.4 is 10.1 Å². The van der Waals surface area contributed by atoms with Crippen LogP contribution in [-0.4, -0.2) is 52.5 Å². The molecule has 1 aromatic heterocycles. The zero-order valence-corrected chi connectivity index (χ0v) is 11.1. The predicted molar refractivity (Wildman–Crippen MR) is 67.0 cm³/mol. The number of aromatic nitrogens is 3. The van der Waals surface area contributed by atoms with Gasteiger partial charge in [-0.05, 0) is 25.4 Å². The molecule has 0 radical (unpaired) electrons. The monoisotopic (exact) mass is 276 g/mol. The summed E-state index contributed by atoms with van der Waals surface area (Å²) in [5.74, 6) is 0.332. The van der Waals surface area contributed by atoms with E-state index >= 15 is 0 Å². The summed E-state index contributed by atoms with van der Waals surface area (Å²) in [4.78, 5) is 11.8. The van der Waals surface area contributed by atoms with Crippen LogP contribution in [-0.2, 0) is 4.74 Å². The molecule has 0 fully saturated rings. The van der Waals surface area contributed by atoms with Crippen LogP contribution in [0.4, 0.5) is 5.95 Å². The van der Waals surface area contributed by atoms with E-state index in [-0.39, 0.29) is 24.0 Å². The number of aliphatic hydroxyl groups excluding tert-OH is 1. The number of hydrogen-bond donors (Lipinski definition) is 2. The van der Waals surface area contributed by atoms with Crippen molar-refractivity contribution in [2.45, 2.75) is 20.0 Å². The van der Waals surface area contributed by atoms with Gasteiger partial charge in [-0.15, -0.1) is 0 Å². The van der Waals surface area contributed by atoms with Gasteiger partial charge in [0.25, 0.3) is 0 Å². The van der Waals surface area contributed by atoms with Crippen molar-refractivity contribution in [1.29, 1.82) is 0 Å². The Hall–Kier alpha value is -1.18. The number of nitrogens with zero attached hydrogens (tertiary/aromatic N) is 3. The molecule has 0 unspecified atom stereocenters. The van der Waals surface area contributed by atoms with Crippen LogP contribution >= 0.6 is 11.6 Å². The minimum atomic E-state index is -0.0378. The highest BCUT2D eigenvalue weighted by Crippen LogP contribution is 2.12. The molecule has 0 atom stereocenters. The molecule has 1 rings (SSSR count). The highest BCUT2D eigenvalue weighted by atomic mass is 35.5. The molecular formula is C10H17ClN4O3. The van der Waals surface area contributed by atoms with Gasteiger partial charge < -0.3 is 19.9 Å². The lowest BCUT2D eigenvalue weighted by Crippen LogP contribution is -2.15. The van der Waals surface area contributed by atoms with Crippen molar-refractivity contribution in [3.8, 4) is 6.01 Å². The quantitative estimate of drug-likeness (QED) is 0.677. The number of aliphatic hydroxyl groups is 1. The van der Waals surface area contributed by atoms with Crippen molar-refractivity contribution >= 4 is 17.5 Å². The van der Waals surface area contributed by atoms with Gasteiger partial charge in [-0.3, -0.25) is 0 Å². The number of hydrogen-bond acceptors (Lipinski definition) is 7. The lowest BCUT2D eigenvalue weighted by atomic mass is 10.5. The Bertz CT molecular complexity index is 365. The average molecular weight is 277 g/mol. The van der Waals surface area contributed by atoms with Gasteiger partial charge in [0.2, 0.25) is 11.2 Å². The van der Waals surface area contributed by atoms with E-state index in [0.717, 1.165) is 0 Å². The minimum absolute atomic E-state index is 0.00393. The van der Waals surface area contributed by atoms with Crippen LogP contribution in [0.15, 0.2) is 0 Å². The number of nitrogens with one attached hydrogen (secondary N) is 1. The molecule has 2 N–H and O–H groups in total. The maximum Gasteiger partial charge on any atom is 0.322 e. The predicted octanol–water partition coefficient (Wildman–Crippen LogP) is 0.733. The van der Waals surface area contributed by atoms with Crippen molar-refractivity contribution in [3.63, 3.8) is 0 Å². The van der Waals surface area contributed by atoms with E-state index in [2.05, 4.69) is 20.3 Å². The van der Waals surface area contributed by atoms with Crippen LogP contribution in [0.1, 0.15) is 13.8 Å². The van der Waals surface area contributed by atoms with E-state index < -0.39 is 0 Å². The van der Waals surface area contributed by atoms with E-state index in [1.165, 1.54) is 0 Å². The van der Waals surface area contributed by atoms with E-state index in [0.29, 0.717) is 25.7 Å². The first-order valence-electron chi connectivity index (χ1n) is 5.62. The molecule has 0 bridgehead atoms. The fourth-order valence-electron chi connectivity index (χ4n) is 1.08. The summed E-state index contributed by atoms with van der Waals surface area (Å²) in [7, 11) is 0. The standard InChI is InChI=1S/C10H17ClN4O3/c1-7(2)18-10-14-8(11)13-9(15-10)12-3-5-17-6-4-16/h7,16H,3-6H2,1-2H3,(H,12,13,14,15). The summed E-state index contributed by atoms with van der Waals surface area (Å²) in [5.41, 5.74) is 0. The molecule has 0 saturated carbocycles. The average Bonchev–Trinajstić information content (AvgIpc) is 2.27. The summed E-state index contributed by atoms with van der Waals surface area (Å²) >= 11 is 5.75. The minimum Gasteiger partial charge on any atom is -0.461 e. The molecule has 0 spiro atoms. The van der Waals surface area contributed by atoms with Gasteiger partial charge in [0, 0.05) is 6.54 Å². The van der Waals surface area contributed by atoms with Crippen LogP contribution in [0.2, 0.25) is 5.28 Å². The van der Waals surface area contributed by atoms with Crippen molar-refractivity contribution in [2.24, 2.45) is 0 Å². The van der Waals surface area contributed by atoms with Crippen LogP contribution in [0.25, 0.3) is 0 Å². The summed E-state index contributed by atoms with van der Waals surface area (Å²) in [6.45, 7) is 4.98. The summed E-state index contributed by atoms with van der Waals surface area (Å²) in [6.07, 6.45) is -0.0378. The van der Waals surface area contributed by atoms with Gasteiger partial charge in [0.1, 0.15) is 0 Å². The molecule has 0 saturated heterocycles. The first-order valence-corrected chi connectivity index (χ1v) is 6.00. The Morgan fingerprint density at radius 2 is 2.06 bits per heavy atom. The summed E-state index contributed by atoms with van der Waals surface area (Å²) < 4.78 is 10.4. The first-order chi connectivity index (χ1) is 8.61. The van der Waals surface area contributed by atoms with Gasteiger partial charge >= 0.3 is 6.01 Å². The van der Waals surface area contributed by atoms with Crippen molar-refractivity contribution < 1.29 is 14.6 Å². The van der Waals surface area contributed by atoms with Gasteiger partial charge in [-0.1, -0.05) is 0 Å². The van der Waals surface area contributed by atoms with Gasteiger partial charge in [-0.2, -0.15) is 15.0 Å². The molecule has 102 valence electrons. The lowest BCUT2D eigenvalue weighted by molar-refractivity contribution is 0.0991. The van der Waals surface area contributed by atoms with Gasteiger partial charge in [-0.25, -0.2) is 0 Å². The van der Waals surface area contributed by atoms with Gasteiger partial charge in [0.15, 0.2) is 0 Å². The zero-order chi connectivity index (χ0) is 13.4. The normalized spacial score (nSPS) is 10.7.